The predicted octanol–water partition coefficient (Wildman–Crippen LogP) is 3.11. The van der Waals surface area contributed by atoms with E-state index >= 15 is 0 Å². The Morgan fingerprint density at radius 3 is 2.33 bits per heavy atom. The minimum atomic E-state index is -4.43. The molecule has 1 aromatic carbocycles. The van der Waals surface area contributed by atoms with Gasteiger partial charge >= 0.3 is 11.9 Å². The molecule has 0 saturated heterocycles. The third-order valence-corrected chi connectivity index (χ3v) is 2.67. The predicted molar refractivity (Wildman–Crippen MR) is 68.7 cm³/mol. The zero-order valence-corrected chi connectivity index (χ0v) is 10.7. The van der Waals surface area contributed by atoms with E-state index in [0.717, 1.165) is 18.3 Å². The van der Waals surface area contributed by atoms with E-state index in [1.807, 2.05) is 0 Å². The molecule has 0 aliphatic heterocycles. The standard InChI is InChI=1S/C12H9F3N4O2/c1-16-11-9(19(20)21)6-17-10(18-11)7-2-4-8(5-3-7)12(13,14)15/h2-6H,1H3,(H,16,17,18). The summed E-state index contributed by atoms with van der Waals surface area (Å²) < 4.78 is 37.4. The van der Waals surface area contributed by atoms with Crippen molar-refractivity contribution in [2.24, 2.45) is 0 Å². The van der Waals surface area contributed by atoms with Crippen LogP contribution in [0.5, 0.6) is 0 Å². The van der Waals surface area contributed by atoms with Gasteiger partial charge in [0.15, 0.2) is 5.82 Å². The van der Waals surface area contributed by atoms with Crippen LogP contribution in [0.15, 0.2) is 30.5 Å². The maximum absolute atomic E-state index is 12.5. The van der Waals surface area contributed by atoms with Gasteiger partial charge in [-0.15, -0.1) is 0 Å². The second-order valence-corrected chi connectivity index (χ2v) is 4.01. The van der Waals surface area contributed by atoms with Gasteiger partial charge < -0.3 is 5.32 Å². The van der Waals surface area contributed by atoms with Crippen molar-refractivity contribution in [1.29, 1.82) is 0 Å². The number of nitrogens with one attached hydrogen (secondary N) is 1. The third-order valence-electron chi connectivity index (χ3n) is 2.67. The third kappa shape index (κ3) is 3.07. The summed E-state index contributed by atoms with van der Waals surface area (Å²) in [6.45, 7) is 0. The Bertz CT molecular complexity index is 671. The van der Waals surface area contributed by atoms with Gasteiger partial charge in [-0.3, -0.25) is 10.1 Å². The number of alkyl halides is 3. The summed E-state index contributed by atoms with van der Waals surface area (Å²) in [5, 5.41) is 13.3. The Balaban J connectivity index is 2.41. The van der Waals surface area contributed by atoms with Gasteiger partial charge in [-0.05, 0) is 12.1 Å². The Labute approximate surface area is 116 Å². The van der Waals surface area contributed by atoms with Crippen LogP contribution in [-0.2, 0) is 6.18 Å². The van der Waals surface area contributed by atoms with Crippen molar-refractivity contribution in [1.82, 2.24) is 9.97 Å². The molecule has 110 valence electrons. The molecule has 21 heavy (non-hydrogen) atoms. The summed E-state index contributed by atoms with van der Waals surface area (Å²) in [6.07, 6.45) is -3.42. The molecule has 0 spiro atoms. The van der Waals surface area contributed by atoms with Gasteiger partial charge in [0.05, 0.1) is 10.5 Å². The molecule has 0 aliphatic carbocycles. The second-order valence-electron chi connectivity index (χ2n) is 4.01. The molecule has 0 aliphatic rings. The number of halogens is 3. The molecule has 0 fully saturated rings. The molecular formula is C12H9F3N4O2. The van der Waals surface area contributed by atoms with E-state index in [2.05, 4.69) is 15.3 Å². The minimum Gasteiger partial charge on any atom is -0.367 e. The molecule has 0 unspecified atom stereocenters. The minimum absolute atomic E-state index is 0.00935. The fraction of sp³-hybridized carbons (Fsp3) is 0.167. The monoisotopic (exact) mass is 298 g/mol. The summed E-state index contributed by atoms with van der Waals surface area (Å²) in [5.74, 6) is 0.0866. The zero-order valence-electron chi connectivity index (χ0n) is 10.7. The first-order valence-electron chi connectivity index (χ1n) is 5.69. The number of nitro groups is 1. The molecule has 6 nitrogen and oxygen atoms in total. The van der Waals surface area contributed by atoms with Gasteiger partial charge in [0, 0.05) is 12.6 Å². The first-order valence-corrected chi connectivity index (χ1v) is 5.69. The summed E-state index contributed by atoms with van der Waals surface area (Å²) in [5.41, 5.74) is -0.774. The van der Waals surface area contributed by atoms with Gasteiger partial charge in [-0.25, -0.2) is 9.97 Å². The number of rotatable bonds is 3. The van der Waals surface area contributed by atoms with E-state index in [-0.39, 0.29) is 17.3 Å². The van der Waals surface area contributed by atoms with Gasteiger partial charge in [0.1, 0.15) is 6.20 Å². The lowest BCUT2D eigenvalue weighted by Crippen LogP contribution is -2.05. The van der Waals surface area contributed by atoms with Crippen LogP contribution in [0.3, 0.4) is 0 Å². The normalized spacial score (nSPS) is 11.2. The fourth-order valence-corrected chi connectivity index (χ4v) is 1.64. The highest BCUT2D eigenvalue weighted by Crippen LogP contribution is 2.31. The van der Waals surface area contributed by atoms with Crippen LogP contribution in [-0.4, -0.2) is 21.9 Å². The lowest BCUT2D eigenvalue weighted by Gasteiger charge is -2.08. The summed E-state index contributed by atoms with van der Waals surface area (Å²) in [6, 6.07) is 4.23. The van der Waals surface area contributed by atoms with Gasteiger partial charge in [0.25, 0.3) is 0 Å². The summed E-state index contributed by atoms with van der Waals surface area (Å²) in [7, 11) is 1.45. The molecule has 0 bridgehead atoms. The fourth-order valence-electron chi connectivity index (χ4n) is 1.64. The molecule has 1 aromatic heterocycles. The Kier molecular flexibility index (Phi) is 3.74. The van der Waals surface area contributed by atoms with E-state index in [1.165, 1.54) is 19.2 Å². The van der Waals surface area contributed by atoms with E-state index < -0.39 is 16.7 Å². The van der Waals surface area contributed by atoms with Crippen LogP contribution in [0.2, 0.25) is 0 Å². The summed E-state index contributed by atoms with van der Waals surface area (Å²) >= 11 is 0. The molecule has 2 rings (SSSR count). The highest BCUT2D eigenvalue weighted by atomic mass is 19.4. The maximum Gasteiger partial charge on any atom is 0.416 e. The van der Waals surface area contributed by atoms with E-state index in [9.17, 15) is 23.3 Å². The SMILES string of the molecule is CNc1nc(-c2ccc(C(F)(F)F)cc2)ncc1[N+](=O)[O-]. The lowest BCUT2D eigenvalue weighted by molar-refractivity contribution is -0.384. The van der Waals surface area contributed by atoms with Crippen LogP contribution in [0.1, 0.15) is 5.56 Å². The number of benzene rings is 1. The van der Waals surface area contributed by atoms with Gasteiger partial charge in [-0.1, -0.05) is 12.1 Å². The number of nitrogens with zero attached hydrogens (tertiary/aromatic N) is 3. The van der Waals surface area contributed by atoms with Crippen molar-refractivity contribution in [3.8, 4) is 11.4 Å². The van der Waals surface area contributed by atoms with Crippen molar-refractivity contribution in [2.45, 2.75) is 6.18 Å². The van der Waals surface area contributed by atoms with E-state index in [4.69, 9.17) is 0 Å². The molecular weight excluding hydrogens is 289 g/mol. The first kappa shape index (κ1) is 14.7. The number of aromatic nitrogens is 2. The molecule has 9 heteroatoms. The van der Waals surface area contributed by atoms with Crippen LogP contribution in [0, 0.1) is 10.1 Å². The van der Waals surface area contributed by atoms with Crippen molar-refractivity contribution in [3.63, 3.8) is 0 Å². The number of anilines is 1. The smallest absolute Gasteiger partial charge is 0.367 e. The Hall–Kier alpha value is -2.71. The van der Waals surface area contributed by atoms with Crippen molar-refractivity contribution >= 4 is 11.5 Å². The van der Waals surface area contributed by atoms with Crippen LogP contribution in [0.25, 0.3) is 11.4 Å². The average Bonchev–Trinajstić information content (AvgIpc) is 2.45. The second kappa shape index (κ2) is 5.35. The molecule has 1 N–H and O–H groups in total. The largest absolute Gasteiger partial charge is 0.416 e. The van der Waals surface area contributed by atoms with E-state index in [0.29, 0.717) is 5.56 Å². The molecule has 0 radical (unpaired) electrons. The van der Waals surface area contributed by atoms with Crippen molar-refractivity contribution in [2.75, 3.05) is 12.4 Å². The molecule has 0 saturated carbocycles. The first-order chi connectivity index (χ1) is 9.82. The van der Waals surface area contributed by atoms with Crippen LogP contribution >= 0.6 is 0 Å². The number of hydrogen-bond acceptors (Lipinski definition) is 5. The Morgan fingerprint density at radius 2 is 1.86 bits per heavy atom. The lowest BCUT2D eigenvalue weighted by atomic mass is 10.1. The molecule has 0 amide bonds. The van der Waals surface area contributed by atoms with Crippen molar-refractivity contribution in [3.05, 3.63) is 46.1 Å². The van der Waals surface area contributed by atoms with Gasteiger partial charge in [0.2, 0.25) is 5.82 Å². The average molecular weight is 298 g/mol. The quantitative estimate of drug-likeness (QED) is 0.695. The van der Waals surface area contributed by atoms with E-state index in [1.54, 1.807) is 0 Å². The Morgan fingerprint density at radius 1 is 1.24 bits per heavy atom. The van der Waals surface area contributed by atoms with Crippen LogP contribution in [0.4, 0.5) is 24.7 Å². The van der Waals surface area contributed by atoms with Gasteiger partial charge in [-0.2, -0.15) is 13.2 Å². The maximum atomic E-state index is 12.5. The highest BCUT2D eigenvalue weighted by molar-refractivity contribution is 5.62. The number of hydrogen-bond donors (Lipinski definition) is 1. The molecule has 2 aromatic rings. The summed E-state index contributed by atoms with van der Waals surface area (Å²) in [4.78, 5) is 17.8. The highest BCUT2D eigenvalue weighted by Gasteiger charge is 2.30. The van der Waals surface area contributed by atoms with Crippen LogP contribution < -0.4 is 5.32 Å². The molecule has 1 heterocycles. The zero-order chi connectivity index (χ0) is 15.6. The topological polar surface area (TPSA) is 81.0 Å². The van der Waals surface area contributed by atoms with Crippen molar-refractivity contribution < 1.29 is 18.1 Å². The molecule has 0 atom stereocenters.